The molecule has 8 heteroatoms. The largest absolute Gasteiger partial charge is 0.497 e. The quantitative estimate of drug-likeness (QED) is 0.672. The normalized spacial score (nSPS) is 16.5. The molecular formula is C23H30N2O5S. The first kappa shape index (κ1) is 23.1. The molecule has 1 saturated heterocycles. The molecule has 1 N–H and O–H groups in total. The van der Waals surface area contributed by atoms with E-state index in [1.807, 2.05) is 6.92 Å². The predicted octanol–water partition coefficient (Wildman–Crippen LogP) is 3.31. The summed E-state index contributed by atoms with van der Waals surface area (Å²) in [6.07, 6.45) is 1.70. The fourth-order valence-corrected chi connectivity index (χ4v) is 4.93. The molecule has 168 valence electrons. The van der Waals surface area contributed by atoms with Gasteiger partial charge in [0.25, 0.3) is 5.91 Å². The monoisotopic (exact) mass is 446 g/mol. The van der Waals surface area contributed by atoms with E-state index in [9.17, 15) is 13.2 Å². The number of ether oxygens (including phenoxy) is 2. The van der Waals surface area contributed by atoms with Crippen LogP contribution in [0.15, 0.2) is 53.4 Å². The number of rotatable bonds is 8. The zero-order chi connectivity index (χ0) is 22.4. The van der Waals surface area contributed by atoms with Crippen LogP contribution in [0.25, 0.3) is 0 Å². The number of methoxy groups -OCH3 is 1. The number of carbonyl (C=O) groups excluding carboxylic acids is 1. The van der Waals surface area contributed by atoms with Gasteiger partial charge < -0.3 is 14.8 Å². The van der Waals surface area contributed by atoms with Crippen molar-refractivity contribution in [3.05, 3.63) is 54.1 Å². The van der Waals surface area contributed by atoms with E-state index in [-0.39, 0.29) is 23.5 Å². The zero-order valence-electron chi connectivity index (χ0n) is 18.2. The van der Waals surface area contributed by atoms with E-state index < -0.39 is 10.0 Å². The van der Waals surface area contributed by atoms with Crippen molar-refractivity contribution in [1.82, 2.24) is 9.62 Å². The van der Waals surface area contributed by atoms with Gasteiger partial charge in [-0.1, -0.05) is 13.0 Å². The molecule has 1 heterocycles. The van der Waals surface area contributed by atoms with Crippen LogP contribution in [0, 0.1) is 5.92 Å². The van der Waals surface area contributed by atoms with Gasteiger partial charge in [-0.2, -0.15) is 4.31 Å². The van der Waals surface area contributed by atoms with Crippen molar-refractivity contribution in [2.75, 3.05) is 26.8 Å². The molecule has 1 fully saturated rings. The van der Waals surface area contributed by atoms with Crippen molar-refractivity contribution in [3.63, 3.8) is 0 Å². The van der Waals surface area contributed by atoms with Crippen molar-refractivity contribution < 1.29 is 22.7 Å². The van der Waals surface area contributed by atoms with E-state index in [0.29, 0.717) is 30.3 Å². The first-order valence-electron chi connectivity index (χ1n) is 10.5. The first-order valence-corrected chi connectivity index (χ1v) is 11.9. The van der Waals surface area contributed by atoms with Gasteiger partial charge in [0.05, 0.1) is 18.0 Å². The molecule has 0 aromatic heterocycles. The minimum Gasteiger partial charge on any atom is -0.497 e. The highest BCUT2D eigenvalue weighted by molar-refractivity contribution is 7.89. The molecule has 2 aromatic rings. The number of benzene rings is 2. The maximum Gasteiger partial charge on any atom is 0.251 e. The highest BCUT2D eigenvalue weighted by Crippen LogP contribution is 2.24. The summed E-state index contributed by atoms with van der Waals surface area (Å²) in [6.45, 7) is 5.27. The summed E-state index contributed by atoms with van der Waals surface area (Å²) in [7, 11) is -2.01. The molecule has 3 rings (SSSR count). The molecule has 0 unspecified atom stereocenters. The van der Waals surface area contributed by atoms with Gasteiger partial charge in [-0.05, 0) is 68.1 Å². The van der Waals surface area contributed by atoms with Crippen LogP contribution in [0.1, 0.15) is 37.0 Å². The minimum absolute atomic E-state index is 0.150. The summed E-state index contributed by atoms with van der Waals surface area (Å²) in [4.78, 5) is 12.8. The Balaban J connectivity index is 1.60. The van der Waals surface area contributed by atoms with E-state index in [2.05, 4.69) is 12.2 Å². The second-order valence-corrected chi connectivity index (χ2v) is 9.91. The van der Waals surface area contributed by atoms with Crippen molar-refractivity contribution in [2.45, 2.75) is 37.6 Å². The Morgan fingerprint density at radius 1 is 1.13 bits per heavy atom. The summed E-state index contributed by atoms with van der Waals surface area (Å²) in [5, 5.41) is 2.86. The lowest BCUT2D eigenvalue weighted by atomic mass is 10.0. The molecule has 2 aromatic carbocycles. The number of sulfonamides is 1. The SMILES string of the molecule is COc1ccc(OC[C@H](C)NC(=O)c2cccc(S(=O)(=O)N3CCC(C)CC3)c2)cc1. The van der Waals surface area contributed by atoms with Gasteiger partial charge in [0, 0.05) is 18.7 Å². The average Bonchev–Trinajstić information content (AvgIpc) is 2.78. The van der Waals surface area contributed by atoms with Crippen LogP contribution in [0.3, 0.4) is 0 Å². The number of carbonyl (C=O) groups is 1. The van der Waals surface area contributed by atoms with Gasteiger partial charge >= 0.3 is 0 Å². The molecule has 0 saturated carbocycles. The smallest absolute Gasteiger partial charge is 0.251 e. The average molecular weight is 447 g/mol. The zero-order valence-corrected chi connectivity index (χ0v) is 19.0. The molecule has 1 aliphatic rings. The third kappa shape index (κ3) is 5.98. The lowest BCUT2D eigenvalue weighted by Crippen LogP contribution is -2.38. The predicted molar refractivity (Wildman–Crippen MR) is 119 cm³/mol. The van der Waals surface area contributed by atoms with E-state index in [4.69, 9.17) is 9.47 Å². The van der Waals surface area contributed by atoms with Crippen LogP contribution in [-0.4, -0.2) is 51.5 Å². The third-order valence-electron chi connectivity index (χ3n) is 5.41. The van der Waals surface area contributed by atoms with Gasteiger partial charge in [-0.3, -0.25) is 4.79 Å². The Morgan fingerprint density at radius 2 is 1.77 bits per heavy atom. The summed E-state index contributed by atoms with van der Waals surface area (Å²) < 4.78 is 38.2. The molecule has 0 spiro atoms. The maximum absolute atomic E-state index is 13.0. The maximum atomic E-state index is 13.0. The Bertz CT molecular complexity index is 983. The van der Waals surface area contributed by atoms with Gasteiger partial charge in [0.1, 0.15) is 18.1 Å². The molecule has 0 aliphatic carbocycles. The van der Waals surface area contributed by atoms with Crippen molar-refractivity contribution in [3.8, 4) is 11.5 Å². The Hall–Kier alpha value is -2.58. The topological polar surface area (TPSA) is 84.9 Å². The fraction of sp³-hybridized carbons (Fsp3) is 0.435. The molecular weight excluding hydrogens is 416 g/mol. The standard InChI is InChI=1S/C23H30N2O5S/c1-17-11-13-25(14-12-17)31(27,28)22-6-4-5-19(15-22)23(26)24-18(2)16-30-21-9-7-20(29-3)8-10-21/h4-10,15,17-18H,11-14,16H2,1-3H3,(H,24,26)/t18-/m0/s1. The van der Waals surface area contributed by atoms with Gasteiger partial charge in [-0.15, -0.1) is 0 Å². The van der Waals surface area contributed by atoms with Crippen molar-refractivity contribution in [1.29, 1.82) is 0 Å². The number of hydrogen-bond donors (Lipinski definition) is 1. The number of nitrogens with zero attached hydrogens (tertiary/aromatic N) is 1. The van der Waals surface area contributed by atoms with Gasteiger partial charge in [0.15, 0.2) is 0 Å². The van der Waals surface area contributed by atoms with Crippen LogP contribution in [0.2, 0.25) is 0 Å². The lowest BCUT2D eigenvalue weighted by Gasteiger charge is -2.29. The number of nitrogens with one attached hydrogen (secondary N) is 1. The van der Waals surface area contributed by atoms with Crippen molar-refractivity contribution >= 4 is 15.9 Å². The second-order valence-electron chi connectivity index (χ2n) is 7.98. The van der Waals surface area contributed by atoms with Crippen LogP contribution >= 0.6 is 0 Å². The first-order chi connectivity index (χ1) is 14.8. The number of piperidine rings is 1. The highest BCUT2D eigenvalue weighted by Gasteiger charge is 2.28. The molecule has 1 aliphatic heterocycles. The Labute approximate surface area is 184 Å². The molecule has 0 bridgehead atoms. The van der Waals surface area contributed by atoms with E-state index in [0.717, 1.165) is 18.6 Å². The van der Waals surface area contributed by atoms with Crippen LogP contribution in [0.4, 0.5) is 0 Å². The molecule has 1 amide bonds. The fourth-order valence-electron chi connectivity index (χ4n) is 3.41. The number of hydrogen-bond acceptors (Lipinski definition) is 5. The van der Waals surface area contributed by atoms with Crippen molar-refractivity contribution in [2.24, 2.45) is 5.92 Å². The summed E-state index contributed by atoms with van der Waals surface area (Å²) >= 11 is 0. The molecule has 7 nitrogen and oxygen atoms in total. The van der Waals surface area contributed by atoms with Crippen LogP contribution in [-0.2, 0) is 10.0 Å². The van der Waals surface area contributed by atoms with E-state index >= 15 is 0 Å². The molecule has 31 heavy (non-hydrogen) atoms. The third-order valence-corrected chi connectivity index (χ3v) is 7.31. The van der Waals surface area contributed by atoms with Crippen LogP contribution in [0.5, 0.6) is 11.5 Å². The summed E-state index contributed by atoms with van der Waals surface area (Å²) in [5.74, 6) is 1.61. The highest BCUT2D eigenvalue weighted by atomic mass is 32.2. The van der Waals surface area contributed by atoms with Gasteiger partial charge in [-0.25, -0.2) is 8.42 Å². The van der Waals surface area contributed by atoms with Gasteiger partial charge in [0.2, 0.25) is 10.0 Å². The lowest BCUT2D eigenvalue weighted by molar-refractivity contribution is 0.0926. The Morgan fingerprint density at radius 3 is 2.42 bits per heavy atom. The van der Waals surface area contributed by atoms with Crippen LogP contribution < -0.4 is 14.8 Å². The molecule has 1 atom stereocenters. The molecule has 0 radical (unpaired) electrons. The van der Waals surface area contributed by atoms with E-state index in [1.165, 1.54) is 10.4 Å². The van der Waals surface area contributed by atoms with E-state index in [1.54, 1.807) is 49.6 Å². The number of amides is 1. The Kier molecular flexibility index (Phi) is 7.56. The minimum atomic E-state index is -3.60. The summed E-state index contributed by atoms with van der Waals surface area (Å²) in [6, 6.07) is 13.1. The second kappa shape index (κ2) is 10.2. The summed E-state index contributed by atoms with van der Waals surface area (Å²) in [5.41, 5.74) is 0.308.